The van der Waals surface area contributed by atoms with Crippen molar-refractivity contribution < 1.29 is 4.39 Å². The second-order valence-electron chi connectivity index (χ2n) is 4.36. The predicted octanol–water partition coefficient (Wildman–Crippen LogP) is 2.89. The third-order valence-electron chi connectivity index (χ3n) is 2.99. The molecule has 0 aliphatic rings. The van der Waals surface area contributed by atoms with Crippen LogP contribution in [0.2, 0.25) is 0 Å². The summed E-state index contributed by atoms with van der Waals surface area (Å²) in [5, 5.41) is 7.62. The van der Waals surface area contributed by atoms with Gasteiger partial charge in [0.05, 0.1) is 6.20 Å². The summed E-state index contributed by atoms with van der Waals surface area (Å²) in [6, 6.07) is 6.78. The number of hydrogen-bond acceptors (Lipinski definition) is 2. The molecule has 3 nitrogen and oxygen atoms in total. The number of nitrogens with zero attached hydrogens (tertiary/aromatic N) is 2. The molecule has 1 aromatic carbocycles. The molecule has 4 heteroatoms. The van der Waals surface area contributed by atoms with Crippen molar-refractivity contribution in [3.63, 3.8) is 0 Å². The highest BCUT2D eigenvalue weighted by atomic mass is 19.1. The van der Waals surface area contributed by atoms with Crippen molar-refractivity contribution in [3.05, 3.63) is 53.6 Å². The van der Waals surface area contributed by atoms with Crippen LogP contribution in [0.15, 0.2) is 36.7 Å². The summed E-state index contributed by atoms with van der Waals surface area (Å²) >= 11 is 0. The lowest BCUT2D eigenvalue weighted by molar-refractivity contribution is 0.570. The zero-order valence-electron chi connectivity index (χ0n) is 10.7. The first-order chi connectivity index (χ1) is 8.69. The van der Waals surface area contributed by atoms with Crippen molar-refractivity contribution in [1.29, 1.82) is 0 Å². The van der Waals surface area contributed by atoms with Crippen molar-refractivity contribution in [2.45, 2.75) is 33.0 Å². The third kappa shape index (κ3) is 3.17. The standard InChI is InChI=1S/C14H18FN3/c1-3-18-10-12(9-17-18)8-16-11(2)13-4-6-14(15)7-5-13/h4-7,9-11,16H,3,8H2,1-2H3/t11-/m0/s1. The van der Waals surface area contributed by atoms with E-state index in [1.807, 2.05) is 29.2 Å². The fourth-order valence-corrected chi connectivity index (χ4v) is 1.81. The van der Waals surface area contributed by atoms with Crippen LogP contribution in [0.5, 0.6) is 0 Å². The Kier molecular flexibility index (Phi) is 4.10. The topological polar surface area (TPSA) is 29.9 Å². The van der Waals surface area contributed by atoms with Gasteiger partial charge in [-0.2, -0.15) is 5.10 Å². The second kappa shape index (κ2) is 5.78. The van der Waals surface area contributed by atoms with E-state index in [9.17, 15) is 4.39 Å². The molecule has 1 aromatic heterocycles. The fraction of sp³-hybridized carbons (Fsp3) is 0.357. The largest absolute Gasteiger partial charge is 0.306 e. The predicted molar refractivity (Wildman–Crippen MR) is 69.6 cm³/mol. The molecule has 0 saturated heterocycles. The van der Waals surface area contributed by atoms with Crippen LogP contribution in [0.4, 0.5) is 4.39 Å². The third-order valence-corrected chi connectivity index (χ3v) is 2.99. The second-order valence-corrected chi connectivity index (χ2v) is 4.36. The number of halogens is 1. The summed E-state index contributed by atoms with van der Waals surface area (Å²) in [5.41, 5.74) is 2.24. The Balaban J connectivity index is 1.91. The van der Waals surface area contributed by atoms with Gasteiger partial charge in [0.1, 0.15) is 5.82 Å². The SMILES string of the molecule is CCn1cc(CN[C@@H](C)c2ccc(F)cc2)cn1. The molecule has 2 rings (SSSR count). The molecule has 0 radical (unpaired) electrons. The van der Waals surface area contributed by atoms with Gasteiger partial charge in [0.2, 0.25) is 0 Å². The Bertz CT molecular complexity index is 490. The minimum absolute atomic E-state index is 0.190. The molecule has 0 unspecified atom stereocenters. The van der Waals surface area contributed by atoms with Crippen molar-refractivity contribution in [2.75, 3.05) is 0 Å². The maximum atomic E-state index is 12.8. The first-order valence-corrected chi connectivity index (χ1v) is 6.19. The van der Waals surface area contributed by atoms with Crippen LogP contribution in [0.1, 0.15) is 31.0 Å². The average Bonchev–Trinajstić information content (AvgIpc) is 2.85. The average molecular weight is 247 g/mol. The fourth-order valence-electron chi connectivity index (χ4n) is 1.81. The summed E-state index contributed by atoms with van der Waals surface area (Å²) in [7, 11) is 0. The van der Waals surface area contributed by atoms with E-state index in [1.165, 1.54) is 12.1 Å². The monoisotopic (exact) mass is 247 g/mol. The highest BCUT2D eigenvalue weighted by Crippen LogP contribution is 2.13. The molecular weight excluding hydrogens is 229 g/mol. The van der Waals surface area contributed by atoms with Gasteiger partial charge >= 0.3 is 0 Å². The van der Waals surface area contributed by atoms with Crippen LogP contribution in [-0.4, -0.2) is 9.78 Å². The van der Waals surface area contributed by atoms with E-state index in [1.54, 1.807) is 0 Å². The van der Waals surface area contributed by atoms with Gasteiger partial charge in [-0.3, -0.25) is 4.68 Å². The normalized spacial score (nSPS) is 12.6. The molecule has 0 spiro atoms. The summed E-state index contributed by atoms with van der Waals surface area (Å²) in [5.74, 6) is -0.199. The van der Waals surface area contributed by atoms with E-state index in [0.717, 1.165) is 24.2 Å². The number of aromatic nitrogens is 2. The molecule has 0 aliphatic carbocycles. The van der Waals surface area contributed by atoms with E-state index in [0.29, 0.717) is 0 Å². The Labute approximate surface area is 107 Å². The molecule has 1 N–H and O–H groups in total. The van der Waals surface area contributed by atoms with Gasteiger partial charge in [0.15, 0.2) is 0 Å². The van der Waals surface area contributed by atoms with Crippen LogP contribution in [0, 0.1) is 5.82 Å². The van der Waals surface area contributed by atoms with Crippen molar-refractivity contribution >= 4 is 0 Å². The highest BCUT2D eigenvalue weighted by molar-refractivity contribution is 5.19. The zero-order valence-corrected chi connectivity index (χ0v) is 10.7. The molecule has 0 aliphatic heterocycles. The zero-order chi connectivity index (χ0) is 13.0. The van der Waals surface area contributed by atoms with Crippen LogP contribution in [0.25, 0.3) is 0 Å². The molecule has 2 aromatic rings. The molecule has 18 heavy (non-hydrogen) atoms. The summed E-state index contributed by atoms with van der Waals surface area (Å²) in [6.07, 6.45) is 3.90. The van der Waals surface area contributed by atoms with Crippen LogP contribution >= 0.6 is 0 Å². The van der Waals surface area contributed by atoms with Crippen molar-refractivity contribution in [3.8, 4) is 0 Å². The number of rotatable bonds is 5. The van der Waals surface area contributed by atoms with Crippen LogP contribution in [0.3, 0.4) is 0 Å². The number of benzene rings is 1. The molecule has 0 saturated carbocycles. The summed E-state index contributed by atoms with van der Waals surface area (Å²) in [6.45, 7) is 5.77. The lowest BCUT2D eigenvalue weighted by Gasteiger charge is -2.13. The smallest absolute Gasteiger partial charge is 0.123 e. The van der Waals surface area contributed by atoms with Crippen molar-refractivity contribution in [2.24, 2.45) is 0 Å². The molecule has 1 atom stereocenters. The lowest BCUT2D eigenvalue weighted by atomic mass is 10.1. The first kappa shape index (κ1) is 12.8. The maximum absolute atomic E-state index is 12.8. The van der Waals surface area contributed by atoms with E-state index in [2.05, 4.69) is 24.3 Å². The quantitative estimate of drug-likeness (QED) is 0.880. The van der Waals surface area contributed by atoms with E-state index in [4.69, 9.17) is 0 Å². The highest BCUT2D eigenvalue weighted by Gasteiger charge is 2.05. The molecular formula is C14H18FN3. The summed E-state index contributed by atoms with van der Waals surface area (Å²) in [4.78, 5) is 0. The minimum Gasteiger partial charge on any atom is -0.306 e. The summed E-state index contributed by atoms with van der Waals surface area (Å²) < 4.78 is 14.7. The van der Waals surface area contributed by atoms with Crippen LogP contribution < -0.4 is 5.32 Å². The van der Waals surface area contributed by atoms with Gasteiger partial charge in [0, 0.05) is 30.9 Å². The van der Waals surface area contributed by atoms with Gasteiger partial charge in [0.25, 0.3) is 0 Å². The van der Waals surface area contributed by atoms with Gasteiger partial charge in [-0.15, -0.1) is 0 Å². The lowest BCUT2D eigenvalue weighted by Crippen LogP contribution is -2.17. The minimum atomic E-state index is -0.199. The van der Waals surface area contributed by atoms with Gasteiger partial charge in [-0.25, -0.2) is 4.39 Å². The van der Waals surface area contributed by atoms with Crippen molar-refractivity contribution in [1.82, 2.24) is 15.1 Å². The molecule has 1 heterocycles. The first-order valence-electron chi connectivity index (χ1n) is 6.19. The van der Waals surface area contributed by atoms with Gasteiger partial charge < -0.3 is 5.32 Å². The molecule has 96 valence electrons. The molecule has 0 amide bonds. The maximum Gasteiger partial charge on any atom is 0.123 e. The number of hydrogen-bond donors (Lipinski definition) is 1. The van der Waals surface area contributed by atoms with E-state index in [-0.39, 0.29) is 11.9 Å². The Morgan fingerprint density at radius 3 is 2.67 bits per heavy atom. The number of aryl methyl sites for hydroxylation is 1. The van der Waals surface area contributed by atoms with Gasteiger partial charge in [-0.05, 0) is 31.5 Å². The molecule has 0 bridgehead atoms. The Morgan fingerprint density at radius 1 is 1.33 bits per heavy atom. The van der Waals surface area contributed by atoms with Gasteiger partial charge in [-0.1, -0.05) is 12.1 Å². The Hall–Kier alpha value is -1.68. The van der Waals surface area contributed by atoms with E-state index < -0.39 is 0 Å². The molecule has 0 fully saturated rings. The Morgan fingerprint density at radius 2 is 2.06 bits per heavy atom. The van der Waals surface area contributed by atoms with E-state index >= 15 is 0 Å². The van der Waals surface area contributed by atoms with Crippen LogP contribution in [-0.2, 0) is 13.1 Å². The number of nitrogens with one attached hydrogen (secondary N) is 1.